The molecule has 0 aromatic carbocycles. The van der Waals surface area contributed by atoms with Crippen molar-refractivity contribution < 1.29 is 0 Å². The van der Waals surface area contributed by atoms with E-state index >= 15 is 0 Å². The average molecular weight is 251 g/mol. The minimum Gasteiger partial charge on any atom is -0.317 e. The molecule has 0 spiro atoms. The van der Waals surface area contributed by atoms with Gasteiger partial charge in [0.1, 0.15) is 0 Å². The Morgan fingerprint density at radius 3 is 2.65 bits per heavy atom. The Hall–Kier alpha value is -0.470. The van der Waals surface area contributed by atoms with E-state index in [9.17, 15) is 0 Å². The van der Waals surface area contributed by atoms with E-state index < -0.39 is 0 Å². The highest BCUT2D eigenvalue weighted by atomic mass is 32.2. The third-order valence-corrected chi connectivity index (χ3v) is 4.76. The van der Waals surface area contributed by atoms with Crippen LogP contribution in [0.15, 0.2) is 34.1 Å². The summed E-state index contributed by atoms with van der Waals surface area (Å²) in [6, 6.07) is 0.618. The molecule has 1 aliphatic carbocycles. The Morgan fingerprint density at radius 2 is 2.12 bits per heavy atom. The van der Waals surface area contributed by atoms with Crippen molar-refractivity contribution in [3.05, 3.63) is 34.1 Å². The second kappa shape index (κ2) is 7.07. The summed E-state index contributed by atoms with van der Waals surface area (Å²) in [6.07, 6.45) is 5.61. The Kier molecular flexibility index (Phi) is 6.07. The van der Waals surface area contributed by atoms with Crippen molar-refractivity contribution >= 4 is 11.8 Å². The fourth-order valence-electron chi connectivity index (χ4n) is 2.14. The molecule has 1 aliphatic rings. The van der Waals surface area contributed by atoms with Crippen molar-refractivity contribution in [1.82, 2.24) is 5.32 Å². The predicted molar refractivity (Wildman–Crippen MR) is 80.2 cm³/mol. The Labute approximate surface area is 110 Å². The highest BCUT2D eigenvalue weighted by Crippen LogP contribution is 2.38. The van der Waals surface area contributed by atoms with E-state index in [0.29, 0.717) is 6.04 Å². The fourth-order valence-corrected chi connectivity index (χ4v) is 3.13. The molecule has 0 heterocycles. The van der Waals surface area contributed by atoms with Gasteiger partial charge in [0.25, 0.3) is 0 Å². The standard InChI is InChI=1S/C15H25NS/c1-6-12(4)17-15(7-2)14-10-13(16-5)9-8-11(14)3/h13,16H,3-4,6-10H2,1-2,5H3/b15-14-. The van der Waals surface area contributed by atoms with Gasteiger partial charge < -0.3 is 5.32 Å². The summed E-state index contributed by atoms with van der Waals surface area (Å²) >= 11 is 1.86. The zero-order valence-electron chi connectivity index (χ0n) is 11.4. The van der Waals surface area contributed by atoms with E-state index in [-0.39, 0.29) is 0 Å². The van der Waals surface area contributed by atoms with Crippen LogP contribution in [-0.2, 0) is 0 Å². The quantitative estimate of drug-likeness (QED) is 0.764. The molecule has 96 valence electrons. The number of allylic oxidation sites excluding steroid dienone is 3. The maximum absolute atomic E-state index is 4.24. The molecule has 1 nitrogen and oxygen atoms in total. The van der Waals surface area contributed by atoms with Crippen LogP contribution >= 0.6 is 11.8 Å². The van der Waals surface area contributed by atoms with Crippen LogP contribution in [0.1, 0.15) is 46.0 Å². The van der Waals surface area contributed by atoms with Gasteiger partial charge in [-0.1, -0.05) is 44.3 Å². The van der Waals surface area contributed by atoms with Gasteiger partial charge in [-0.3, -0.25) is 0 Å². The lowest BCUT2D eigenvalue weighted by atomic mass is 9.86. The molecule has 0 amide bonds. The van der Waals surface area contributed by atoms with Gasteiger partial charge in [0.2, 0.25) is 0 Å². The fraction of sp³-hybridized carbons (Fsp3) is 0.600. The van der Waals surface area contributed by atoms with Crippen LogP contribution in [0, 0.1) is 0 Å². The van der Waals surface area contributed by atoms with Crippen molar-refractivity contribution in [2.45, 2.75) is 52.0 Å². The summed E-state index contributed by atoms with van der Waals surface area (Å²) in [5.41, 5.74) is 2.82. The van der Waals surface area contributed by atoms with Gasteiger partial charge in [0.05, 0.1) is 0 Å². The molecule has 0 radical (unpaired) electrons. The van der Waals surface area contributed by atoms with Crippen LogP contribution in [0.4, 0.5) is 0 Å². The smallest absolute Gasteiger partial charge is 0.0108 e. The third kappa shape index (κ3) is 4.04. The van der Waals surface area contributed by atoms with E-state index in [0.717, 1.165) is 25.7 Å². The second-order valence-corrected chi connectivity index (χ2v) is 5.86. The first-order valence-corrected chi connectivity index (χ1v) is 7.37. The summed E-state index contributed by atoms with van der Waals surface area (Å²) in [5, 5.41) is 3.39. The first-order valence-electron chi connectivity index (χ1n) is 6.55. The van der Waals surface area contributed by atoms with Crippen molar-refractivity contribution in [3.8, 4) is 0 Å². The van der Waals surface area contributed by atoms with Gasteiger partial charge in [-0.25, -0.2) is 0 Å². The molecular formula is C15H25NS. The lowest BCUT2D eigenvalue weighted by molar-refractivity contribution is 0.492. The molecule has 1 rings (SSSR count). The Morgan fingerprint density at radius 1 is 1.41 bits per heavy atom. The minimum atomic E-state index is 0.618. The monoisotopic (exact) mass is 251 g/mol. The highest BCUT2D eigenvalue weighted by molar-refractivity contribution is 8.06. The third-order valence-electron chi connectivity index (χ3n) is 3.40. The SMILES string of the molecule is C=C(CC)S/C(CC)=C1/CC(NC)CCC1=C. The molecule has 1 saturated carbocycles. The zero-order chi connectivity index (χ0) is 12.8. The Balaban J connectivity index is 2.87. The number of hydrogen-bond acceptors (Lipinski definition) is 2. The van der Waals surface area contributed by atoms with Gasteiger partial charge in [-0.05, 0) is 54.5 Å². The zero-order valence-corrected chi connectivity index (χ0v) is 12.3. The van der Waals surface area contributed by atoms with Crippen molar-refractivity contribution in [3.63, 3.8) is 0 Å². The molecule has 0 aliphatic heterocycles. The molecule has 1 fully saturated rings. The molecule has 0 saturated heterocycles. The van der Waals surface area contributed by atoms with E-state index in [4.69, 9.17) is 0 Å². The molecule has 1 unspecified atom stereocenters. The van der Waals surface area contributed by atoms with Gasteiger partial charge in [0.15, 0.2) is 0 Å². The molecular weight excluding hydrogens is 226 g/mol. The van der Waals surface area contributed by atoms with Crippen LogP contribution in [-0.4, -0.2) is 13.1 Å². The number of rotatable bonds is 5. The van der Waals surface area contributed by atoms with Gasteiger partial charge in [-0.2, -0.15) is 0 Å². The molecule has 0 aromatic rings. The van der Waals surface area contributed by atoms with Gasteiger partial charge >= 0.3 is 0 Å². The largest absolute Gasteiger partial charge is 0.317 e. The van der Waals surface area contributed by atoms with E-state index in [1.165, 1.54) is 27.4 Å². The minimum absolute atomic E-state index is 0.618. The average Bonchev–Trinajstić information content (AvgIpc) is 2.36. The molecule has 1 N–H and O–H groups in total. The molecule has 1 atom stereocenters. The summed E-state index contributed by atoms with van der Waals surface area (Å²) in [4.78, 5) is 2.73. The summed E-state index contributed by atoms with van der Waals surface area (Å²) in [5.74, 6) is 0. The van der Waals surface area contributed by atoms with Crippen LogP contribution in [0.25, 0.3) is 0 Å². The van der Waals surface area contributed by atoms with Crippen molar-refractivity contribution in [2.75, 3.05) is 7.05 Å². The van der Waals surface area contributed by atoms with Crippen LogP contribution < -0.4 is 5.32 Å². The summed E-state index contributed by atoms with van der Waals surface area (Å²) in [7, 11) is 2.06. The normalized spacial score (nSPS) is 23.7. The Bertz CT molecular complexity index is 328. The van der Waals surface area contributed by atoms with Gasteiger partial charge in [-0.15, -0.1) is 0 Å². The van der Waals surface area contributed by atoms with E-state index in [1.54, 1.807) is 0 Å². The van der Waals surface area contributed by atoms with Crippen LogP contribution in [0.3, 0.4) is 0 Å². The molecule has 0 bridgehead atoms. The lowest BCUT2D eigenvalue weighted by Crippen LogP contribution is -2.29. The second-order valence-electron chi connectivity index (χ2n) is 4.58. The molecule has 17 heavy (non-hydrogen) atoms. The first-order chi connectivity index (χ1) is 8.12. The van der Waals surface area contributed by atoms with Gasteiger partial charge in [0, 0.05) is 6.04 Å². The number of nitrogens with one attached hydrogen (secondary N) is 1. The van der Waals surface area contributed by atoms with E-state index in [1.807, 2.05) is 11.8 Å². The molecule has 0 aromatic heterocycles. The summed E-state index contributed by atoms with van der Waals surface area (Å²) in [6.45, 7) is 12.7. The van der Waals surface area contributed by atoms with E-state index in [2.05, 4.69) is 39.4 Å². The number of thioether (sulfide) groups is 1. The lowest BCUT2D eigenvalue weighted by Gasteiger charge is -2.28. The number of hydrogen-bond donors (Lipinski definition) is 1. The maximum atomic E-state index is 4.24. The highest BCUT2D eigenvalue weighted by Gasteiger charge is 2.21. The summed E-state index contributed by atoms with van der Waals surface area (Å²) < 4.78 is 0. The predicted octanol–water partition coefficient (Wildman–Crippen LogP) is 4.64. The maximum Gasteiger partial charge on any atom is 0.0108 e. The van der Waals surface area contributed by atoms with Crippen molar-refractivity contribution in [1.29, 1.82) is 0 Å². The van der Waals surface area contributed by atoms with Crippen LogP contribution in [0.5, 0.6) is 0 Å². The molecule has 2 heteroatoms. The van der Waals surface area contributed by atoms with Crippen molar-refractivity contribution in [2.24, 2.45) is 0 Å². The first kappa shape index (κ1) is 14.6. The van der Waals surface area contributed by atoms with Crippen LogP contribution in [0.2, 0.25) is 0 Å². The topological polar surface area (TPSA) is 12.0 Å².